The summed E-state index contributed by atoms with van der Waals surface area (Å²) in [6.45, 7) is 1.89. The molecular formula is C15H10FN3. The molecule has 2 aromatic rings. The maximum absolute atomic E-state index is 13.0. The number of benzene rings is 2. The van der Waals surface area contributed by atoms with E-state index in [9.17, 15) is 4.39 Å². The summed E-state index contributed by atoms with van der Waals surface area (Å²) in [7, 11) is 0. The van der Waals surface area contributed by atoms with Crippen LogP contribution in [0.1, 0.15) is 16.7 Å². The fraction of sp³-hybridized carbons (Fsp3) is 0.0667. The highest BCUT2D eigenvalue weighted by Gasteiger charge is 2.06. The summed E-state index contributed by atoms with van der Waals surface area (Å²) in [6, 6.07) is 13.2. The Kier molecular flexibility index (Phi) is 3.45. The molecule has 0 unspecified atom stereocenters. The number of halogens is 1. The van der Waals surface area contributed by atoms with Crippen LogP contribution < -0.4 is 5.32 Å². The Balaban J connectivity index is 2.42. The standard InChI is InChI=1S/C15H10FN3/c1-10-2-3-11(8-17)6-15(10)19-14-5-4-13(16)7-12(14)9-18/h2-7,19H,1H3. The van der Waals surface area contributed by atoms with E-state index in [1.807, 2.05) is 19.1 Å². The van der Waals surface area contributed by atoms with Crippen LogP contribution >= 0.6 is 0 Å². The molecule has 0 aromatic heterocycles. The predicted molar refractivity (Wildman–Crippen MR) is 70.3 cm³/mol. The Morgan fingerprint density at radius 2 is 1.79 bits per heavy atom. The Bertz CT molecular complexity index is 708. The Morgan fingerprint density at radius 3 is 2.47 bits per heavy atom. The second-order valence-electron chi connectivity index (χ2n) is 4.07. The normalized spacial score (nSPS) is 9.47. The quantitative estimate of drug-likeness (QED) is 0.886. The molecule has 4 heteroatoms. The van der Waals surface area contributed by atoms with E-state index in [-0.39, 0.29) is 5.56 Å². The molecule has 2 rings (SSSR count). The van der Waals surface area contributed by atoms with Gasteiger partial charge in [-0.2, -0.15) is 10.5 Å². The largest absolute Gasteiger partial charge is 0.354 e. The minimum Gasteiger partial charge on any atom is -0.354 e. The van der Waals surface area contributed by atoms with E-state index in [1.54, 1.807) is 12.1 Å². The smallest absolute Gasteiger partial charge is 0.124 e. The molecule has 2 aromatic carbocycles. The van der Waals surface area contributed by atoms with E-state index in [0.29, 0.717) is 11.3 Å². The van der Waals surface area contributed by atoms with Crippen LogP contribution in [0.15, 0.2) is 36.4 Å². The zero-order valence-electron chi connectivity index (χ0n) is 10.2. The summed E-state index contributed by atoms with van der Waals surface area (Å²) in [6.07, 6.45) is 0. The Morgan fingerprint density at radius 1 is 1.00 bits per heavy atom. The van der Waals surface area contributed by atoms with Gasteiger partial charge in [0.2, 0.25) is 0 Å². The molecule has 0 amide bonds. The molecule has 0 aliphatic rings. The minimum absolute atomic E-state index is 0.224. The molecule has 0 saturated carbocycles. The van der Waals surface area contributed by atoms with Gasteiger partial charge in [-0.3, -0.25) is 0 Å². The lowest BCUT2D eigenvalue weighted by molar-refractivity contribution is 0.627. The molecule has 0 heterocycles. The Labute approximate surface area is 110 Å². The van der Waals surface area contributed by atoms with Gasteiger partial charge in [-0.05, 0) is 42.8 Å². The van der Waals surface area contributed by atoms with Crippen molar-refractivity contribution in [2.24, 2.45) is 0 Å². The molecule has 0 saturated heterocycles. The summed E-state index contributed by atoms with van der Waals surface area (Å²) in [5, 5.41) is 20.9. The van der Waals surface area contributed by atoms with Crippen LogP contribution in [0.25, 0.3) is 0 Å². The number of nitrogens with zero attached hydrogens (tertiary/aromatic N) is 2. The molecule has 19 heavy (non-hydrogen) atoms. The molecule has 1 N–H and O–H groups in total. The van der Waals surface area contributed by atoms with Crippen molar-refractivity contribution in [1.29, 1.82) is 10.5 Å². The van der Waals surface area contributed by atoms with E-state index < -0.39 is 5.82 Å². The van der Waals surface area contributed by atoms with Crippen molar-refractivity contribution in [1.82, 2.24) is 0 Å². The highest BCUT2D eigenvalue weighted by atomic mass is 19.1. The fourth-order valence-corrected chi connectivity index (χ4v) is 1.69. The van der Waals surface area contributed by atoms with Gasteiger partial charge >= 0.3 is 0 Å². The van der Waals surface area contributed by atoms with Crippen molar-refractivity contribution in [3.63, 3.8) is 0 Å². The molecular weight excluding hydrogens is 241 g/mol. The number of hydrogen-bond donors (Lipinski definition) is 1. The van der Waals surface area contributed by atoms with Crippen molar-refractivity contribution < 1.29 is 4.39 Å². The van der Waals surface area contributed by atoms with Crippen LogP contribution in [-0.4, -0.2) is 0 Å². The van der Waals surface area contributed by atoms with E-state index in [1.165, 1.54) is 18.2 Å². The van der Waals surface area contributed by atoms with E-state index in [4.69, 9.17) is 10.5 Å². The lowest BCUT2D eigenvalue weighted by atomic mass is 10.1. The maximum atomic E-state index is 13.0. The van der Waals surface area contributed by atoms with Gasteiger partial charge in [-0.15, -0.1) is 0 Å². The van der Waals surface area contributed by atoms with E-state index in [2.05, 4.69) is 11.4 Å². The van der Waals surface area contributed by atoms with Crippen LogP contribution in [0, 0.1) is 35.4 Å². The van der Waals surface area contributed by atoms with Gasteiger partial charge in [0, 0.05) is 5.69 Å². The molecule has 92 valence electrons. The number of nitriles is 2. The molecule has 0 spiro atoms. The van der Waals surface area contributed by atoms with Gasteiger partial charge in [0.05, 0.1) is 22.9 Å². The third-order valence-corrected chi connectivity index (χ3v) is 2.74. The molecule has 0 atom stereocenters. The number of nitrogens with one attached hydrogen (secondary N) is 1. The van der Waals surface area contributed by atoms with Crippen LogP contribution in [0.3, 0.4) is 0 Å². The van der Waals surface area contributed by atoms with Gasteiger partial charge in [0.25, 0.3) is 0 Å². The van der Waals surface area contributed by atoms with E-state index >= 15 is 0 Å². The highest BCUT2D eigenvalue weighted by molar-refractivity contribution is 5.69. The van der Waals surface area contributed by atoms with Gasteiger partial charge in [0.1, 0.15) is 11.9 Å². The molecule has 0 aliphatic heterocycles. The van der Waals surface area contributed by atoms with Crippen molar-refractivity contribution in [2.45, 2.75) is 6.92 Å². The highest BCUT2D eigenvalue weighted by Crippen LogP contribution is 2.24. The van der Waals surface area contributed by atoms with E-state index in [0.717, 1.165) is 11.3 Å². The topological polar surface area (TPSA) is 59.6 Å². The first-order chi connectivity index (χ1) is 9.13. The second kappa shape index (κ2) is 5.20. The lowest BCUT2D eigenvalue weighted by Crippen LogP contribution is -1.97. The minimum atomic E-state index is -0.454. The number of aryl methyl sites for hydroxylation is 1. The third kappa shape index (κ3) is 2.70. The van der Waals surface area contributed by atoms with Gasteiger partial charge < -0.3 is 5.32 Å². The van der Waals surface area contributed by atoms with Crippen LogP contribution in [0.5, 0.6) is 0 Å². The summed E-state index contributed by atoms with van der Waals surface area (Å²) < 4.78 is 13.0. The molecule has 0 bridgehead atoms. The average molecular weight is 251 g/mol. The second-order valence-corrected chi connectivity index (χ2v) is 4.07. The summed E-state index contributed by atoms with van der Waals surface area (Å²) in [5.41, 5.74) is 2.92. The summed E-state index contributed by atoms with van der Waals surface area (Å²) >= 11 is 0. The average Bonchev–Trinajstić information content (AvgIpc) is 2.43. The SMILES string of the molecule is Cc1ccc(C#N)cc1Nc1ccc(F)cc1C#N. The fourth-order valence-electron chi connectivity index (χ4n) is 1.69. The lowest BCUT2D eigenvalue weighted by Gasteiger charge is -2.11. The van der Waals surface area contributed by atoms with Crippen LogP contribution in [-0.2, 0) is 0 Å². The zero-order valence-corrected chi connectivity index (χ0v) is 10.2. The van der Waals surface area contributed by atoms with Crippen LogP contribution in [0.4, 0.5) is 15.8 Å². The van der Waals surface area contributed by atoms with Crippen molar-refractivity contribution in [3.05, 3.63) is 58.9 Å². The third-order valence-electron chi connectivity index (χ3n) is 2.74. The monoisotopic (exact) mass is 251 g/mol. The molecule has 0 fully saturated rings. The summed E-state index contributed by atoms with van der Waals surface area (Å²) in [5.74, 6) is -0.454. The van der Waals surface area contributed by atoms with Gasteiger partial charge in [0.15, 0.2) is 0 Å². The first-order valence-electron chi connectivity index (χ1n) is 5.61. The van der Waals surface area contributed by atoms with Crippen LogP contribution in [0.2, 0.25) is 0 Å². The number of anilines is 2. The first-order valence-corrected chi connectivity index (χ1v) is 5.61. The predicted octanol–water partition coefficient (Wildman–Crippen LogP) is 3.62. The number of hydrogen-bond acceptors (Lipinski definition) is 3. The molecule has 0 radical (unpaired) electrons. The summed E-state index contributed by atoms with van der Waals surface area (Å²) in [4.78, 5) is 0. The number of rotatable bonds is 2. The Hall–Kier alpha value is -2.85. The van der Waals surface area contributed by atoms with Crippen molar-refractivity contribution in [3.8, 4) is 12.1 Å². The van der Waals surface area contributed by atoms with Gasteiger partial charge in [-0.1, -0.05) is 6.07 Å². The maximum Gasteiger partial charge on any atom is 0.124 e. The van der Waals surface area contributed by atoms with Crippen molar-refractivity contribution >= 4 is 11.4 Å². The molecule has 3 nitrogen and oxygen atoms in total. The zero-order chi connectivity index (χ0) is 13.8. The van der Waals surface area contributed by atoms with Gasteiger partial charge in [-0.25, -0.2) is 4.39 Å². The molecule has 0 aliphatic carbocycles. The van der Waals surface area contributed by atoms with Crippen molar-refractivity contribution in [2.75, 3.05) is 5.32 Å². The first kappa shape index (κ1) is 12.6.